The average Bonchev–Trinajstić information content (AvgIpc) is 2.84. The van der Waals surface area contributed by atoms with E-state index in [-0.39, 0.29) is 11.4 Å². The highest BCUT2D eigenvalue weighted by molar-refractivity contribution is 9.11. The third-order valence-corrected chi connectivity index (χ3v) is 6.63. The molecule has 0 bridgehead atoms. The predicted octanol–water partition coefficient (Wildman–Crippen LogP) is 2.06. The Labute approximate surface area is 118 Å². The Bertz CT molecular complexity index is 581. The van der Waals surface area contributed by atoms with E-state index in [0.29, 0.717) is 17.7 Å². The van der Waals surface area contributed by atoms with Crippen LogP contribution in [-0.4, -0.2) is 36.4 Å². The minimum Gasteiger partial charge on any atom is -0.480 e. The number of hydrogen-bond acceptors (Lipinski definition) is 4. The van der Waals surface area contributed by atoms with E-state index in [1.54, 1.807) is 6.92 Å². The van der Waals surface area contributed by atoms with Crippen LogP contribution in [0.2, 0.25) is 0 Å². The Morgan fingerprint density at radius 3 is 2.78 bits per heavy atom. The van der Waals surface area contributed by atoms with Crippen molar-refractivity contribution in [3.63, 3.8) is 0 Å². The zero-order chi connectivity index (χ0) is 13.5. The van der Waals surface area contributed by atoms with Gasteiger partial charge in [0.1, 0.15) is 6.04 Å². The molecule has 0 radical (unpaired) electrons. The molecule has 1 saturated heterocycles. The van der Waals surface area contributed by atoms with Crippen molar-refractivity contribution in [2.75, 3.05) is 6.54 Å². The van der Waals surface area contributed by atoms with Crippen molar-refractivity contribution in [2.24, 2.45) is 0 Å². The molecule has 2 rings (SSSR count). The lowest BCUT2D eigenvalue weighted by Crippen LogP contribution is -2.40. The van der Waals surface area contributed by atoms with Crippen LogP contribution in [0.3, 0.4) is 0 Å². The van der Waals surface area contributed by atoms with Crippen LogP contribution in [0.1, 0.15) is 17.7 Å². The van der Waals surface area contributed by atoms with Crippen LogP contribution in [0, 0.1) is 6.92 Å². The highest BCUT2D eigenvalue weighted by Crippen LogP contribution is 2.34. The Hall–Kier alpha value is -0.440. The maximum Gasteiger partial charge on any atom is 0.322 e. The van der Waals surface area contributed by atoms with Crippen LogP contribution in [0.4, 0.5) is 0 Å². The molecular weight excluding hydrogens is 342 g/mol. The number of rotatable bonds is 3. The second kappa shape index (κ2) is 4.92. The minimum absolute atomic E-state index is 0.201. The summed E-state index contributed by atoms with van der Waals surface area (Å²) in [6.45, 7) is 1.99. The molecule has 8 heteroatoms. The number of sulfonamides is 1. The maximum atomic E-state index is 12.4. The second-order valence-electron chi connectivity index (χ2n) is 4.08. The molecule has 0 aliphatic carbocycles. The van der Waals surface area contributed by atoms with Crippen molar-refractivity contribution < 1.29 is 18.3 Å². The fourth-order valence-corrected chi connectivity index (χ4v) is 6.12. The number of carboxylic acids is 1. The molecular formula is C10H12BrNO4S2. The van der Waals surface area contributed by atoms with E-state index in [1.807, 2.05) is 0 Å². The summed E-state index contributed by atoms with van der Waals surface area (Å²) in [4.78, 5) is 11.9. The maximum absolute atomic E-state index is 12.4. The summed E-state index contributed by atoms with van der Waals surface area (Å²) >= 11 is 4.58. The lowest BCUT2D eigenvalue weighted by molar-refractivity contribution is -0.140. The summed E-state index contributed by atoms with van der Waals surface area (Å²) < 4.78 is 26.7. The number of hydrogen-bond donors (Lipinski definition) is 1. The summed E-state index contributed by atoms with van der Waals surface area (Å²) in [6, 6.07) is 0.597. The molecule has 0 amide bonds. The average molecular weight is 354 g/mol. The van der Waals surface area contributed by atoms with Crippen molar-refractivity contribution in [3.8, 4) is 0 Å². The molecule has 1 aliphatic rings. The zero-order valence-corrected chi connectivity index (χ0v) is 12.8. The van der Waals surface area contributed by atoms with Gasteiger partial charge in [-0.15, -0.1) is 11.3 Å². The van der Waals surface area contributed by atoms with Crippen LogP contribution in [0.25, 0.3) is 0 Å². The number of nitrogens with zero attached hydrogens (tertiary/aromatic N) is 1. The minimum atomic E-state index is -3.71. The van der Waals surface area contributed by atoms with Gasteiger partial charge in [0.15, 0.2) is 0 Å². The Balaban J connectivity index is 2.43. The van der Waals surface area contributed by atoms with Gasteiger partial charge in [0, 0.05) is 11.4 Å². The van der Waals surface area contributed by atoms with E-state index in [1.165, 1.54) is 17.4 Å². The first-order valence-electron chi connectivity index (χ1n) is 5.34. The van der Waals surface area contributed by atoms with Gasteiger partial charge in [0.05, 0.1) is 8.68 Å². The number of aliphatic carboxylic acids is 1. The molecule has 1 fully saturated rings. The summed E-state index contributed by atoms with van der Waals surface area (Å²) in [5.74, 6) is -1.08. The Morgan fingerprint density at radius 2 is 2.28 bits per heavy atom. The summed E-state index contributed by atoms with van der Waals surface area (Å²) in [5, 5.41) is 9.06. The van der Waals surface area contributed by atoms with Gasteiger partial charge in [-0.3, -0.25) is 4.79 Å². The van der Waals surface area contributed by atoms with Gasteiger partial charge in [-0.25, -0.2) is 8.42 Å². The number of thiophene rings is 1. The fourth-order valence-electron chi connectivity index (χ4n) is 2.09. The van der Waals surface area contributed by atoms with Crippen LogP contribution >= 0.6 is 27.3 Å². The molecule has 1 unspecified atom stereocenters. The van der Waals surface area contributed by atoms with Gasteiger partial charge < -0.3 is 5.11 Å². The van der Waals surface area contributed by atoms with E-state index in [0.717, 1.165) is 8.09 Å². The highest BCUT2D eigenvalue weighted by atomic mass is 79.9. The van der Waals surface area contributed by atoms with Crippen molar-refractivity contribution in [2.45, 2.75) is 30.7 Å². The third-order valence-electron chi connectivity index (χ3n) is 2.92. The summed E-state index contributed by atoms with van der Waals surface area (Å²) in [6.07, 6.45) is 0.958. The first kappa shape index (κ1) is 14.0. The van der Waals surface area contributed by atoms with E-state index >= 15 is 0 Å². The van der Waals surface area contributed by atoms with Crippen LogP contribution in [0.5, 0.6) is 0 Å². The van der Waals surface area contributed by atoms with Gasteiger partial charge in [0.2, 0.25) is 10.0 Å². The number of carboxylic acid groups (broad SMARTS) is 1. The summed E-state index contributed by atoms with van der Waals surface area (Å²) in [5.41, 5.74) is 0. The molecule has 5 nitrogen and oxygen atoms in total. The van der Waals surface area contributed by atoms with E-state index in [2.05, 4.69) is 15.9 Å². The van der Waals surface area contributed by atoms with Crippen LogP contribution in [0.15, 0.2) is 14.7 Å². The molecule has 0 aromatic carbocycles. The lowest BCUT2D eigenvalue weighted by Gasteiger charge is -2.20. The standard InChI is InChI=1S/C10H12BrNO4S2/c1-6-8(5-9(11)17-6)18(15,16)12-4-2-3-7(12)10(13)14/h5,7H,2-4H2,1H3,(H,13,14). The van der Waals surface area contributed by atoms with E-state index in [4.69, 9.17) is 5.11 Å². The van der Waals surface area contributed by atoms with Crippen molar-refractivity contribution in [1.29, 1.82) is 0 Å². The normalized spacial score (nSPS) is 21.3. The predicted molar refractivity (Wildman–Crippen MR) is 71.3 cm³/mol. The van der Waals surface area contributed by atoms with Gasteiger partial charge in [0.25, 0.3) is 0 Å². The third kappa shape index (κ3) is 2.34. The van der Waals surface area contributed by atoms with Gasteiger partial charge in [-0.2, -0.15) is 4.31 Å². The largest absolute Gasteiger partial charge is 0.480 e. The van der Waals surface area contributed by atoms with Crippen molar-refractivity contribution >= 4 is 43.3 Å². The molecule has 0 saturated carbocycles. The Kier molecular flexibility index (Phi) is 3.82. The number of aryl methyl sites for hydroxylation is 1. The lowest BCUT2D eigenvalue weighted by atomic mass is 10.2. The zero-order valence-electron chi connectivity index (χ0n) is 9.59. The van der Waals surface area contributed by atoms with Crippen molar-refractivity contribution in [3.05, 3.63) is 14.7 Å². The molecule has 1 atom stereocenters. The van der Waals surface area contributed by atoms with Gasteiger partial charge in [-0.05, 0) is 41.8 Å². The topological polar surface area (TPSA) is 74.7 Å². The van der Waals surface area contributed by atoms with Gasteiger partial charge in [-0.1, -0.05) is 0 Å². The van der Waals surface area contributed by atoms with Gasteiger partial charge >= 0.3 is 5.97 Å². The van der Waals surface area contributed by atoms with Crippen molar-refractivity contribution in [1.82, 2.24) is 4.31 Å². The highest BCUT2D eigenvalue weighted by Gasteiger charge is 2.40. The molecule has 1 aromatic rings. The smallest absolute Gasteiger partial charge is 0.322 e. The molecule has 2 heterocycles. The molecule has 100 valence electrons. The second-order valence-corrected chi connectivity index (χ2v) is 8.58. The molecule has 1 aromatic heterocycles. The van der Waals surface area contributed by atoms with E-state index < -0.39 is 22.0 Å². The SMILES string of the molecule is Cc1sc(Br)cc1S(=O)(=O)N1CCCC1C(=O)O. The summed E-state index contributed by atoms with van der Waals surface area (Å²) in [7, 11) is -3.71. The number of halogens is 1. The quantitative estimate of drug-likeness (QED) is 0.902. The van der Waals surface area contributed by atoms with E-state index in [9.17, 15) is 13.2 Å². The molecule has 0 spiro atoms. The first-order chi connectivity index (χ1) is 8.34. The fraction of sp³-hybridized carbons (Fsp3) is 0.500. The molecule has 18 heavy (non-hydrogen) atoms. The Morgan fingerprint density at radius 1 is 1.61 bits per heavy atom. The monoisotopic (exact) mass is 353 g/mol. The number of carbonyl (C=O) groups is 1. The van der Waals surface area contributed by atoms with Crippen LogP contribution in [-0.2, 0) is 14.8 Å². The first-order valence-corrected chi connectivity index (χ1v) is 8.39. The van der Waals surface area contributed by atoms with Crippen LogP contribution < -0.4 is 0 Å². The molecule has 1 N–H and O–H groups in total. The molecule has 1 aliphatic heterocycles.